The number of thiophene rings is 2. The first-order chi connectivity index (χ1) is 8.85. The van der Waals surface area contributed by atoms with Crippen LogP contribution in [0.1, 0.15) is 41.6 Å². The molecule has 2 heterocycles. The van der Waals surface area contributed by atoms with Gasteiger partial charge in [0.2, 0.25) is 0 Å². The summed E-state index contributed by atoms with van der Waals surface area (Å²) in [5, 5.41) is 8.10. The minimum absolute atomic E-state index is 0.485. The van der Waals surface area contributed by atoms with Crippen LogP contribution in [0.5, 0.6) is 0 Å². The topological polar surface area (TPSA) is 12.0 Å². The van der Waals surface area contributed by atoms with Crippen molar-refractivity contribution in [2.75, 3.05) is 6.54 Å². The smallest absolute Gasteiger partial charge is 0.0466 e. The summed E-state index contributed by atoms with van der Waals surface area (Å²) in [5.74, 6) is 0. The molecule has 0 saturated heterocycles. The zero-order valence-corrected chi connectivity index (χ0v) is 12.7. The Labute approximate surface area is 118 Å². The van der Waals surface area contributed by atoms with E-state index in [1.165, 1.54) is 21.7 Å². The normalized spacial score (nSPS) is 12.8. The molecule has 0 saturated carbocycles. The summed E-state index contributed by atoms with van der Waals surface area (Å²) in [6.07, 6.45) is 3.44. The molecule has 0 spiro atoms. The van der Waals surface area contributed by atoms with Crippen LogP contribution in [-0.4, -0.2) is 6.54 Å². The number of aryl methyl sites for hydroxylation is 1. The molecule has 1 nitrogen and oxygen atoms in total. The van der Waals surface area contributed by atoms with Crippen LogP contribution in [0, 0.1) is 0 Å². The van der Waals surface area contributed by atoms with Gasteiger partial charge in [-0.05, 0) is 47.8 Å². The number of rotatable bonds is 7. The molecule has 18 heavy (non-hydrogen) atoms. The Hall–Kier alpha value is -0.640. The van der Waals surface area contributed by atoms with Crippen LogP contribution in [0.15, 0.2) is 29.0 Å². The van der Waals surface area contributed by atoms with Gasteiger partial charge in [-0.2, -0.15) is 0 Å². The lowest BCUT2D eigenvalue weighted by Gasteiger charge is -2.18. The highest BCUT2D eigenvalue weighted by Crippen LogP contribution is 2.29. The van der Waals surface area contributed by atoms with Crippen molar-refractivity contribution < 1.29 is 0 Å². The van der Waals surface area contributed by atoms with Crippen LogP contribution < -0.4 is 5.32 Å². The summed E-state index contributed by atoms with van der Waals surface area (Å²) < 4.78 is 0. The number of hydrogen-bond donors (Lipinski definition) is 1. The van der Waals surface area contributed by atoms with Gasteiger partial charge in [-0.15, -0.1) is 22.7 Å². The Bertz CT molecular complexity index is 445. The molecule has 1 unspecified atom stereocenters. The molecule has 2 rings (SSSR count). The van der Waals surface area contributed by atoms with E-state index in [0.29, 0.717) is 6.04 Å². The third-order valence-corrected chi connectivity index (χ3v) is 5.08. The second kappa shape index (κ2) is 7.07. The first-order valence-electron chi connectivity index (χ1n) is 6.67. The van der Waals surface area contributed by atoms with Gasteiger partial charge in [0.1, 0.15) is 0 Å². The summed E-state index contributed by atoms with van der Waals surface area (Å²) in [7, 11) is 0. The highest BCUT2D eigenvalue weighted by atomic mass is 32.1. The Balaban J connectivity index is 2.14. The van der Waals surface area contributed by atoms with Crippen LogP contribution in [-0.2, 0) is 12.8 Å². The van der Waals surface area contributed by atoms with Gasteiger partial charge >= 0.3 is 0 Å². The quantitative estimate of drug-likeness (QED) is 0.777. The fourth-order valence-electron chi connectivity index (χ4n) is 2.15. The van der Waals surface area contributed by atoms with E-state index in [2.05, 4.69) is 48.1 Å². The van der Waals surface area contributed by atoms with Crippen LogP contribution in [0.4, 0.5) is 0 Å². The summed E-state index contributed by atoms with van der Waals surface area (Å²) in [4.78, 5) is 3.00. The zero-order chi connectivity index (χ0) is 12.8. The van der Waals surface area contributed by atoms with Gasteiger partial charge in [0.15, 0.2) is 0 Å². The maximum absolute atomic E-state index is 3.70. The van der Waals surface area contributed by atoms with E-state index in [0.717, 1.165) is 19.4 Å². The van der Waals surface area contributed by atoms with E-state index in [9.17, 15) is 0 Å². The van der Waals surface area contributed by atoms with Crippen LogP contribution in [0.25, 0.3) is 0 Å². The molecule has 0 fully saturated rings. The molecule has 2 aromatic heterocycles. The maximum Gasteiger partial charge on any atom is 0.0466 e. The Morgan fingerprint density at radius 3 is 2.72 bits per heavy atom. The summed E-state index contributed by atoms with van der Waals surface area (Å²) in [5.41, 5.74) is 1.50. The molecule has 0 aliphatic rings. The van der Waals surface area contributed by atoms with Gasteiger partial charge in [0.25, 0.3) is 0 Å². The van der Waals surface area contributed by atoms with Crippen molar-refractivity contribution in [3.05, 3.63) is 44.3 Å². The Morgan fingerprint density at radius 2 is 2.06 bits per heavy atom. The standard InChI is InChI=1S/C15H21NS2/c1-3-8-16-14(11-13-6-5-9-17-13)15-12(4-2)7-10-18-15/h5-7,9-10,14,16H,3-4,8,11H2,1-2H3. The van der Waals surface area contributed by atoms with Crippen LogP contribution in [0.2, 0.25) is 0 Å². The van der Waals surface area contributed by atoms with Gasteiger partial charge in [-0.1, -0.05) is 19.9 Å². The molecule has 1 N–H and O–H groups in total. The predicted molar refractivity (Wildman–Crippen MR) is 82.8 cm³/mol. The van der Waals surface area contributed by atoms with E-state index in [1.807, 2.05) is 22.7 Å². The van der Waals surface area contributed by atoms with E-state index >= 15 is 0 Å². The van der Waals surface area contributed by atoms with Crippen LogP contribution in [0.3, 0.4) is 0 Å². The average Bonchev–Trinajstić information content (AvgIpc) is 3.04. The molecular formula is C15H21NS2. The van der Waals surface area contributed by atoms with Crippen molar-refractivity contribution in [1.82, 2.24) is 5.32 Å². The number of nitrogens with one attached hydrogen (secondary N) is 1. The molecule has 0 amide bonds. The minimum Gasteiger partial charge on any atom is -0.309 e. The lowest BCUT2D eigenvalue weighted by atomic mass is 10.1. The predicted octanol–water partition coefficient (Wildman–Crippen LogP) is 4.66. The highest BCUT2D eigenvalue weighted by Gasteiger charge is 2.16. The summed E-state index contributed by atoms with van der Waals surface area (Å²) in [6.45, 7) is 5.56. The van der Waals surface area contributed by atoms with Gasteiger partial charge in [-0.25, -0.2) is 0 Å². The molecule has 0 aliphatic carbocycles. The molecule has 0 aliphatic heterocycles. The van der Waals surface area contributed by atoms with Crippen molar-refractivity contribution in [2.45, 2.75) is 39.2 Å². The first-order valence-corrected chi connectivity index (χ1v) is 8.43. The average molecular weight is 279 g/mol. The van der Waals surface area contributed by atoms with E-state index in [4.69, 9.17) is 0 Å². The highest BCUT2D eigenvalue weighted by molar-refractivity contribution is 7.10. The largest absolute Gasteiger partial charge is 0.309 e. The maximum atomic E-state index is 3.70. The van der Waals surface area contributed by atoms with Crippen molar-refractivity contribution in [2.24, 2.45) is 0 Å². The minimum atomic E-state index is 0.485. The lowest BCUT2D eigenvalue weighted by molar-refractivity contribution is 0.536. The van der Waals surface area contributed by atoms with Gasteiger partial charge in [0, 0.05) is 22.2 Å². The molecule has 3 heteroatoms. The van der Waals surface area contributed by atoms with Crippen molar-refractivity contribution in [3.63, 3.8) is 0 Å². The Kier molecular flexibility index (Phi) is 5.42. The SMILES string of the molecule is CCCNC(Cc1cccs1)c1sccc1CC. The molecule has 1 atom stereocenters. The van der Waals surface area contributed by atoms with Crippen molar-refractivity contribution in [3.8, 4) is 0 Å². The fourth-order valence-corrected chi connectivity index (χ4v) is 3.98. The molecule has 0 bridgehead atoms. The molecule has 98 valence electrons. The first kappa shape index (κ1) is 13.8. The molecule has 0 aromatic carbocycles. The zero-order valence-electron chi connectivity index (χ0n) is 11.1. The van der Waals surface area contributed by atoms with Gasteiger partial charge in [0.05, 0.1) is 0 Å². The number of hydrogen-bond acceptors (Lipinski definition) is 3. The molecular weight excluding hydrogens is 258 g/mol. The van der Waals surface area contributed by atoms with Gasteiger partial charge in [-0.3, -0.25) is 0 Å². The second-order valence-electron chi connectivity index (χ2n) is 4.45. The van der Waals surface area contributed by atoms with Crippen molar-refractivity contribution >= 4 is 22.7 Å². The Morgan fingerprint density at radius 1 is 1.17 bits per heavy atom. The summed E-state index contributed by atoms with van der Waals surface area (Å²) in [6, 6.07) is 7.14. The third kappa shape index (κ3) is 3.44. The monoisotopic (exact) mass is 279 g/mol. The lowest BCUT2D eigenvalue weighted by Crippen LogP contribution is -2.23. The van der Waals surface area contributed by atoms with E-state index in [1.54, 1.807) is 0 Å². The van der Waals surface area contributed by atoms with Crippen molar-refractivity contribution in [1.29, 1.82) is 0 Å². The van der Waals surface area contributed by atoms with E-state index < -0.39 is 0 Å². The fraction of sp³-hybridized carbons (Fsp3) is 0.467. The van der Waals surface area contributed by atoms with E-state index in [-0.39, 0.29) is 0 Å². The third-order valence-electron chi connectivity index (χ3n) is 3.10. The molecule has 0 radical (unpaired) electrons. The second-order valence-corrected chi connectivity index (χ2v) is 6.43. The molecule has 2 aromatic rings. The summed E-state index contributed by atoms with van der Waals surface area (Å²) >= 11 is 3.76. The van der Waals surface area contributed by atoms with Gasteiger partial charge < -0.3 is 5.32 Å². The van der Waals surface area contributed by atoms with Crippen LogP contribution >= 0.6 is 22.7 Å².